The van der Waals surface area contributed by atoms with Gasteiger partial charge in [0.15, 0.2) is 0 Å². The first-order chi connectivity index (χ1) is 14.2. The van der Waals surface area contributed by atoms with Crippen LogP contribution in [0.4, 0.5) is 15.6 Å². The molecule has 1 aliphatic carbocycles. The number of anilines is 2. The molecule has 2 fully saturated rings. The van der Waals surface area contributed by atoms with Gasteiger partial charge in [-0.3, -0.25) is 5.32 Å². The summed E-state index contributed by atoms with van der Waals surface area (Å²) in [5, 5.41) is 13.1. The molecule has 7 heteroatoms. The summed E-state index contributed by atoms with van der Waals surface area (Å²) in [4.78, 5) is 16.7. The summed E-state index contributed by atoms with van der Waals surface area (Å²) in [6.07, 6.45) is 10.1. The van der Waals surface area contributed by atoms with Crippen molar-refractivity contribution in [2.45, 2.75) is 63.8 Å². The van der Waals surface area contributed by atoms with Crippen LogP contribution in [0.1, 0.15) is 67.9 Å². The molecule has 2 aliphatic rings. The minimum absolute atomic E-state index is 0.142. The van der Waals surface area contributed by atoms with Crippen LogP contribution in [0.5, 0.6) is 0 Å². The van der Waals surface area contributed by atoms with Crippen LogP contribution < -0.4 is 10.2 Å². The van der Waals surface area contributed by atoms with Gasteiger partial charge in [0.05, 0.1) is 0 Å². The minimum atomic E-state index is -0.142. The Morgan fingerprint density at radius 3 is 2.48 bits per heavy atom. The lowest BCUT2D eigenvalue weighted by molar-refractivity contribution is 0.220. The molecule has 0 spiro atoms. The van der Waals surface area contributed by atoms with Crippen LogP contribution in [0.15, 0.2) is 24.3 Å². The highest BCUT2D eigenvalue weighted by atomic mass is 32.1. The molecule has 0 bridgehead atoms. The van der Waals surface area contributed by atoms with E-state index in [0.717, 1.165) is 23.7 Å². The van der Waals surface area contributed by atoms with E-state index in [1.165, 1.54) is 68.4 Å². The van der Waals surface area contributed by atoms with Crippen LogP contribution in [-0.2, 0) is 6.54 Å². The van der Waals surface area contributed by atoms with Crippen molar-refractivity contribution in [1.82, 2.24) is 15.1 Å². The number of carbonyl (C=O) groups excluding carboxylic acids is 1. The Labute approximate surface area is 177 Å². The Morgan fingerprint density at radius 2 is 1.76 bits per heavy atom. The van der Waals surface area contributed by atoms with E-state index in [-0.39, 0.29) is 6.03 Å². The zero-order chi connectivity index (χ0) is 20.1. The molecule has 0 atom stereocenters. The predicted molar refractivity (Wildman–Crippen MR) is 119 cm³/mol. The smallest absolute Gasteiger partial charge is 0.323 e. The summed E-state index contributed by atoms with van der Waals surface area (Å²) < 4.78 is 0. The van der Waals surface area contributed by atoms with Crippen LogP contribution in [0.3, 0.4) is 0 Å². The molecule has 29 heavy (non-hydrogen) atoms. The lowest BCUT2D eigenvalue weighted by atomic mass is 9.90. The lowest BCUT2D eigenvalue weighted by Crippen LogP contribution is -2.31. The van der Waals surface area contributed by atoms with Gasteiger partial charge in [-0.05, 0) is 49.8 Å². The topological polar surface area (TPSA) is 61.4 Å². The number of urea groups is 1. The van der Waals surface area contributed by atoms with Crippen LogP contribution in [0.25, 0.3) is 0 Å². The number of amides is 2. The summed E-state index contributed by atoms with van der Waals surface area (Å²) in [6, 6.07) is 8.46. The Morgan fingerprint density at radius 1 is 1.07 bits per heavy atom. The first kappa shape index (κ1) is 20.1. The molecule has 2 amide bonds. The van der Waals surface area contributed by atoms with Crippen molar-refractivity contribution in [3.8, 4) is 0 Å². The van der Waals surface area contributed by atoms with E-state index in [2.05, 4.69) is 44.7 Å². The third kappa shape index (κ3) is 5.26. The number of hydrogen-bond acceptors (Lipinski definition) is 5. The molecule has 1 N–H and O–H groups in total. The zero-order valence-corrected chi connectivity index (χ0v) is 18.1. The number of rotatable bonds is 5. The summed E-state index contributed by atoms with van der Waals surface area (Å²) in [6.45, 7) is 2.86. The SMILES string of the molecule is CN(Cc1ccc(N2CCCCC2)cc1)C(=O)Nc1nnc(C2CCCCC2)s1. The number of nitrogens with zero attached hydrogens (tertiary/aromatic N) is 4. The van der Waals surface area contributed by atoms with Crippen molar-refractivity contribution in [1.29, 1.82) is 0 Å². The molecule has 6 nitrogen and oxygen atoms in total. The molecule has 0 radical (unpaired) electrons. The van der Waals surface area contributed by atoms with Gasteiger partial charge in [-0.2, -0.15) is 0 Å². The van der Waals surface area contributed by atoms with Crippen LogP contribution in [0, 0.1) is 0 Å². The van der Waals surface area contributed by atoms with Crippen molar-refractivity contribution in [3.63, 3.8) is 0 Å². The van der Waals surface area contributed by atoms with Crippen LogP contribution in [-0.4, -0.2) is 41.3 Å². The van der Waals surface area contributed by atoms with Gasteiger partial charge in [-0.1, -0.05) is 42.7 Å². The van der Waals surface area contributed by atoms with Gasteiger partial charge in [0.25, 0.3) is 0 Å². The van der Waals surface area contributed by atoms with E-state index in [1.54, 1.807) is 4.90 Å². The maximum atomic E-state index is 12.6. The first-order valence-electron chi connectivity index (χ1n) is 10.9. The average Bonchev–Trinajstić information content (AvgIpc) is 3.24. The number of aromatic nitrogens is 2. The second kappa shape index (κ2) is 9.57. The molecule has 1 aliphatic heterocycles. The van der Waals surface area contributed by atoms with Crippen molar-refractivity contribution in [3.05, 3.63) is 34.8 Å². The maximum Gasteiger partial charge on any atom is 0.323 e. The normalized spacial score (nSPS) is 17.9. The number of piperidine rings is 1. The molecule has 4 rings (SSSR count). The fourth-order valence-electron chi connectivity index (χ4n) is 4.30. The highest BCUT2D eigenvalue weighted by molar-refractivity contribution is 7.15. The van der Waals surface area contributed by atoms with Crippen molar-refractivity contribution >= 4 is 28.2 Å². The van der Waals surface area contributed by atoms with Crippen LogP contribution in [0.2, 0.25) is 0 Å². The quantitative estimate of drug-likeness (QED) is 0.728. The molecule has 1 aromatic heterocycles. The highest BCUT2D eigenvalue weighted by Crippen LogP contribution is 2.35. The summed E-state index contributed by atoms with van der Waals surface area (Å²) in [5.41, 5.74) is 2.41. The Hall–Kier alpha value is -2.15. The highest BCUT2D eigenvalue weighted by Gasteiger charge is 2.21. The first-order valence-corrected chi connectivity index (χ1v) is 11.7. The van der Waals surface area contributed by atoms with Gasteiger partial charge >= 0.3 is 6.03 Å². The zero-order valence-electron chi connectivity index (χ0n) is 17.3. The van der Waals surface area contributed by atoms with Gasteiger partial charge < -0.3 is 9.80 Å². The molecule has 1 aromatic carbocycles. The van der Waals surface area contributed by atoms with E-state index in [1.807, 2.05) is 7.05 Å². The second-order valence-corrected chi connectivity index (χ2v) is 9.29. The third-order valence-electron chi connectivity index (χ3n) is 6.03. The molecule has 1 saturated heterocycles. The van der Waals surface area contributed by atoms with Gasteiger partial charge in [0.1, 0.15) is 5.01 Å². The molecular formula is C22H31N5OS. The Bertz CT molecular complexity index is 794. The van der Waals surface area contributed by atoms with E-state index in [0.29, 0.717) is 17.6 Å². The van der Waals surface area contributed by atoms with Crippen molar-refractivity contribution < 1.29 is 4.79 Å². The Kier molecular flexibility index (Phi) is 6.64. The molecule has 2 heterocycles. The minimum Gasteiger partial charge on any atom is -0.372 e. The number of carbonyl (C=O) groups is 1. The van der Waals surface area contributed by atoms with E-state index in [4.69, 9.17) is 0 Å². The van der Waals surface area contributed by atoms with Crippen molar-refractivity contribution in [2.24, 2.45) is 0 Å². The fourth-order valence-corrected chi connectivity index (χ4v) is 5.20. The number of hydrogen-bond donors (Lipinski definition) is 1. The fraction of sp³-hybridized carbons (Fsp3) is 0.591. The maximum absolute atomic E-state index is 12.6. The number of benzene rings is 1. The van der Waals surface area contributed by atoms with Crippen LogP contribution >= 0.6 is 11.3 Å². The monoisotopic (exact) mass is 413 g/mol. The van der Waals surface area contributed by atoms with Crippen molar-refractivity contribution in [2.75, 3.05) is 30.4 Å². The molecule has 0 unspecified atom stereocenters. The molecule has 2 aromatic rings. The summed E-state index contributed by atoms with van der Waals surface area (Å²) >= 11 is 1.52. The molecule has 1 saturated carbocycles. The predicted octanol–water partition coefficient (Wildman–Crippen LogP) is 5.24. The van der Waals surface area contributed by atoms with E-state index < -0.39 is 0 Å². The third-order valence-corrected chi connectivity index (χ3v) is 7.03. The number of nitrogens with one attached hydrogen (secondary N) is 1. The second-order valence-electron chi connectivity index (χ2n) is 8.28. The van der Waals surface area contributed by atoms with Gasteiger partial charge in [-0.15, -0.1) is 10.2 Å². The van der Waals surface area contributed by atoms with Gasteiger partial charge in [0, 0.05) is 38.3 Å². The van der Waals surface area contributed by atoms with E-state index >= 15 is 0 Å². The van der Waals surface area contributed by atoms with Gasteiger partial charge in [0.2, 0.25) is 5.13 Å². The molecular weight excluding hydrogens is 382 g/mol. The Balaban J connectivity index is 1.29. The average molecular weight is 414 g/mol. The summed E-state index contributed by atoms with van der Waals surface area (Å²) in [5.74, 6) is 0.517. The largest absolute Gasteiger partial charge is 0.372 e. The lowest BCUT2D eigenvalue weighted by Gasteiger charge is -2.29. The summed E-state index contributed by atoms with van der Waals surface area (Å²) in [7, 11) is 1.82. The van der Waals surface area contributed by atoms with Gasteiger partial charge in [-0.25, -0.2) is 4.79 Å². The standard InChI is InChI=1S/C22H31N5OS/c1-26(16-17-10-12-19(13-11-17)27-14-6-3-7-15-27)22(28)23-21-25-24-20(29-21)18-8-4-2-5-9-18/h10-13,18H,2-9,14-16H2,1H3,(H,23,25,28). The van der Waals surface area contributed by atoms with E-state index in [9.17, 15) is 4.79 Å². The molecule has 156 valence electrons.